The molecule has 2 aromatic heterocycles. The Morgan fingerprint density at radius 1 is 1.10 bits per heavy atom. The lowest BCUT2D eigenvalue weighted by atomic mass is 10.1. The Bertz CT molecular complexity index is 1460. The van der Waals surface area contributed by atoms with E-state index in [1.807, 2.05) is 65.0 Å². The van der Waals surface area contributed by atoms with Crippen LogP contribution in [0.4, 0.5) is 16.2 Å². The van der Waals surface area contributed by atoms with Gasteiger partial charge in [-0.1, -0.05) is 0 Å². The predicted molar refractivity (Wildman–Crippen MR) is 171 cm³/mol. The Balaban J connectivity index is 1.54. The van der Waals surface area contributed by atoms with E-state index in [0.717, 1.165) is 32.3 Å². The number of rotatable bonds is 9. The Morgan fingerprint density at radius 3 is 2.49 bits per heavy atom. The summed E-state index contributed by atoms with van der Waals surface area (Å²) in [7, 11) is 0. The van der Waals surface area contributed by atoms with Gasteiger partial charge in [-0.2, -0.15) is 5.10 Å². The second kappa shape index (κ2) is 13.4. The van der Waals surface area contributed by atoms with Gasteiger partial charge < -0.3 is 25.8 Å². The molecule has 0 aliphatic rings. The fourth-order valence-corrected chi connectivity index (χ4v) is 6.34. The zero-order chi connectivity index (χ0) is 29.6. The number of aromatic nitrogens is 3. The number of urea groups is 1. The molecule has 0 saturated carbocycles. The fourth-order valence-electron chi connectivity index (χ4n) is 3.68. The SMILES string of the molecule is CC(C)NC(=S)Nc1ccc(-c2ncc(-c3ccc(NC(=O)NCc4cn[nH]c4)cc3[S+]([O-])NC(C)(C)C)s2)cc1. The van der Waals surface area contributed by atoms with Crippen molar-refractivity contribution in [1.29, 1.82) is 0 Å². The number of hydrogen-bond donors (Lipinski definition) is 6. The summed E-state index contributed by atoms with van der Waals surface area (Å²) in [6.45, 7) is 10.2. The third kappa shape index (κ3) is 9.00. The molecule has 13 heteroatoms. The molecule has 1 atom stereocenters. The molecule has 4 rings (SSSR count). The lowest BCUT2D eigenvalue weighted by molar-refractivity contribution is 0.251. The van der Waals surface area contributed by atoms with Gasteiger partial charge in [0.1, 0.15) is 5.01 Å². The van der Waals surface area contributed by atoms with Crippen molar-refractivity contribution < 1.29 is 9.35 Å². The number of thiocarbonyl (C=S) groups is 1. The van der Waals surface area contributed by atoms with Gasteiger partial charge in [-0.3, -0.25) is 5.10 Å². The average molecular weight is 611 g/mol. The number of carbonyl (C=O) groups excluding carboxylic acids is 1. The van der Waals surface area contributed by atoms with Gasteiger partial charge in [0.15, 0.2) is 10.0 Å². The summed E-state index contributed by atoms with van der Waals surface area (Å²) in [5.41, 5.74) is 3.59. The number of carbonyl (C=O) groups is 1. The van der Waals surface area contributed by atoms with Crippen LogP contribution in [-0.4, -0.2) is 42.5 Å². The quantitative estimate of drug-likeness (QED) is 0.106. The molecule has 6 N–H and O–H groups in total. The molecule has 4 aromatic rings. The molecule has 2 aromatic carbocycles. The van der Waals surface area contributed by atoms with Crippen molar-refractivity contribution >= 4 is 57.4 Å². The summed E-state index contributed by atoms with van der Waals surface area (Å²) in [5, 5.41) is 19.9. The van der Waals surface area contributed by atoms with Crippen LogP contribution < -0.4 is 26.0 Å². The van der Waals surface area contributed by atoms with Gasteiger partial charge in [-0.05, 0) is 83.2 Å². The van der Waals surface area contributed by atoms with Crippen molar-refractivity contribution in [2.75, 3.05) is 10.6 Å². The summed E-state index contributed by atoms with van der Waals surface area (Å²) in [6.07, 6.45) is 5.14. The van der Waals surface area contributed by atoms with Crippen LogP contribution in [-0.2, 0) is 17.9 Å². The zero-order valence-corrected chi connectivity index (χ0v) is 25.9. The molecule has 0 aliphatic carbocycles. The van der Waals surface area contributed by atoms with Crippen LogP contribution in [0.2, 0.25) is 0 Å². The molecule has 0 aliphatic heterocycles. The summed E-state index contributed by atoms with van der Waals surface area (Å²) in [6, 6.07) is 13.1. The zero-order valence-electron chi connectivity index (χ0n) is 23.5. The van der Waals surface area contributed by atoms with Crippen molar-refractivity contribution in [1.82, 2.24) is 30.5 Å². The summed E-state index contributed by atoms with van der Waals surface area (Å²) < 4.78 is 16.6. The number of aromatic amines is 1. The van der Waals surface area contributed by atoms with Gasteiger partial charge in [0.05, 0.1) is 33.5 Å². The lowest BCUT2D eigenvalue weighted by Gasteiger charge is -2.23. The van der Waals surface area contributed by atoms with Crippen LogP contribution in [0.3, 0.4) is 0 Å². The second-order valence-corrected chi connectivity index (χ2v) is 13.2. The third-order valence-corrected chi connectivity index (χ3v) is 8.26. The third-order valence-electron chi connectivity index (χ3n) is 5.43. The van der Waals surface area contributed by atoms with Gasteiger partial charge in [0, 0.05) is 53.5 Å². The highest BCUT2D eigenvalue weighted by Crippen LogP contribution is 2.37. The number of benzene rings is 2. The van der Waals surface area contributed by atoms with E-state index in [1.54, 1.807) is 30.7 Å². The summed E-state index contributed by atoms with van der Waals surface area (Å²) >= 11 is 5.29. The van der Waals surface area contributed by atoms with Gasteiger partial charge >= 0.3 is 6.03 Å². The van der Waals surface area contributed by atoms with Crippen molar-refractivity contribution in [3.63, 3.8) is 0 Å². The topological polar surface area (TPSA) is 142 Å². The molecular weight excluding hydrogens is 577 g/mol. The van der Waals surface area contributed by atoms with Gasteiger partial charge in [0.25, 0.3) is 0 Å². The molecule has 216 valence electrons. The minimum atomic E-state index is -1.55. The molecule has 2 amide bonds. The molecule has 0 saturated heterocycles. The predicted octanol–water partition coefficient (Wildman–Crippen LogP) is 5.63. The molecule has 0 spiro atoms. The number of hydrogen-bond acceptors (Lipinski definition) is 7. The minimum absolute atomic E-state index is 0.246. The van der Waals surface area contributed by atoms with Crippen molar-refractivity contribution in [2.24, 2.45) is 0 Å². The van der Waals surface area contributed by atoms with E-state index in [4.69, 9.17) is 12.2 Å². The van der Waals surface area contributed by atoms with Gasteiger partial charge in [-0.25, -0.2) is 9.78 Å². The highest BCUT2D eigenvalue weighted by Gasteiger charge is 2.26. The first-order valence-corrected chi connectivity index (χ1v) is 15.3. The maximum Gasteiger partial charge on any atom is 0.319 e. The number of amides is 2. The average Bonchev–Trinajstić information content (AvgIpc) is 3.59. The van der Waals surface area contributed by atoms with E-state index >= 15 is 0 Å². The van der Waals surface area contributed by atoms with Crippen LogP contribution in [0.1, 0.15) is 40.2 Å². The lowest BCUT2D eigenvalue weighted by Crippen LogP contribution is -2.40. The summed E-state index contributed by atoms with van der Waals surface area (Å²) in [4.78, 5) is 18.5. The van der Waals surface area contributed by atoms with Crippen LogP contribution in [0, 0.1) is 0 Å². The molecule has 2 heterocycles. The number of nitrogens with zero attached hydrogens (tertiary/aromatic N) is 2. The first-order valence-electron chi connectivity index (χ1n) is 13.0. The van der Waals surface area contributed by atoms with Crippen LogP contribution in [0.15, 0.2) is 66.0 Å². The van der Waals surface area contributed by atoms with E-state index < -0.39 is 16.9 Å². The Hall–Kier alpha value is -3.49. The molecule has 41 heavy (non-hydrogen) atoms. The molecular formula is C28H34N8O2S3. The highest BCUT2D eigenvalue weighted by atomic mass is 32.2. The number of nitrogens with one attached hydrogen (secondary N) is 6. The maximum absolute atomic E-state index is 13.5. The largest absolute Gasteiger partial charge is 0.593 e. The smallest absolute Gasteiger partial charge is 0.319 e. The Labute approximate surface area is 252 Å². The molecule has 1 unspecified atom stereocenters. The van der Waals surface area contributed by atoms with E-state index in [1.165, 1.54) is 11.3 Å². The van der Waals surface area contributed by atoms with Crippen LogP contribution >= 0.6 is 23.6 Å². The second-order valence-electron chi connectivity index (χ2n) is 10.6. The number of anilines is 2. The first kappa shape index (κ1) is 30.5. The highest BCUT2D eigenvalue weighted by molar-refractivity contribution is 7.89. The van der Waals surface area contributed by atoms with E-state index in [-0.39, 0.29) is 12.1 Å². The van der Waals surface area contributed by atoms with Crippen LogP contribution in [0.25, 0.3) is 21.0 Å². The molecule has 0 bridgehead atoms. The van der Waals surface area contributed by atoms with Gasteiger partial charge in [-0.15, -0.1) is 16.1 Å². The molecule has 10 nitrogen and oxygen atoms in total. The maximum atomic E-state index is 13.5. The van der Waals surface area contributed by atoms with Gasteiger partial charge in [0.2, 0.25) is 0 Å². The summed E-state index contributed by atoms with van der Waals surface area (Å²) in [5.74, 6) is 0. The van der Waals surface area contributed by atoms with Crippen LogP contribution in [0.5, 0.6) is 0 Å². The van der Waals surface area contributed by atoms with Crippen molar-refractivity contribution in [3.8, 4) is 21.0 Å². The normalized spacial score (nSPS) is 12.2. The first-order chi connectivity index (χ1) is 19.5. The van der Waals surface area contributed by atoms with Crippen molar-refractivity contribution in [2.45, 2.75) is 57.6 Å². The standard InChI is InChI=1S/C28H34N8O2S3/c1-17(2)33-27(39)35-20-8-6-19(7-9-20)25-29-16-23(40-25)22-11-10-21(12-24(22)41(38)36-28(3,4)5)34-26(37)30-13-18-14-31-32-15-18/h6-12,14-17,36H,13H2,1-5H3,(H,31,32)(H2,30,34,37)(H2,33,35,39). The van der Waals surface area contributed by atoms with E-state index in [9.17, 15) is 9.35 Å². The number of thiazole rings is 1. The minimum Gasteiger partial charge on any atom is -0.593 e. The van der Waals surface area contributed by atoms with Crippen molar-refractivity contribution in [3.05, 3.63) is 66.6 Å². The Morgan fingerprint density at radius 2 is 1.83 bits per heavy atom. The molecule has 0 radical (unpaired) electrons. The molecule has 0 fully saturated rings. The van der Waals surface area contributed by atoms with E-state index in [0.29, 0.717) is 22.2 Å². The fraction of sp³-hybridized carbons (Fsp3) is 0.286. The van der Waals surface area contributed by atoms with E-state index in [2.05, 4.69) is 41.2 Å². The Kier molecular flexibility index (Phi) is 9.99. The number of H-pyrrole nitrogens is 1. The monoisotopic (exact) mass is 610 g/mol.